The van der Waals surface area contributed by atoms with Gasteiger partial charge >= 0.3 is 0 Å². The molecule has 1 aliphatic heterocycles. The molecule has 3 aromatic carbocycles. The predicted octanol–water partition coefficient (Wildman–Crippen LogP) is 4.10. The highest BCUT2D eigenvalue weighted by Gasteiger charge is 2.53. The highest BCUT2D eigenvalue weighted by Crippen LogP contribution is 2.42. The van der Waals surface area contributed by atoms with E-state index in [-0.39, 0.29) is 23.9 Å². The summed E-state index contributed by atoms with van der Waals surface area (Å²) in [6.45, 7) is 4.26. The maximum atomic E-state index is 11.9. The van der Waals surface area contributed by atoms with Crippen molar-refractivity contribution in [1.82, 2.24) is 0 Å². The Morgan fingerprint density at radius 1 is 0.690 bits per heavy atom. The van der Waals surface area contributed by atoms with E-state index in [0.29, 0.717) is 0 Å². The molecule has 0 spiro atoms. The minimum absolute atomic E-state index is 0.0175. The van der Waals surface area contributed by atoms with Gasteiger partial charge in [0.15, 0.2) is 0 Å². The van der Waals surface area contributed by atoms with Crippen molar-refractivity contribution in [3.8, 4) is 11.8 Å². The third kappa shape index (κ3) is 3.85. The van der Waals surface area contributed by atoms with Crippen LogP contribution >= 0.6 is 0 Å². The third-order valence-corrected chi connectivity index (χ3v) is 6.43. The van der Waals surface area contributed by atoms with Gasteiger partial charge in [-0.3, -0.25) is 0 Å². The lowest BCUT2D eigenvalue weighted by Crippen LogP contribution is -2.93. The number of nitrogens with two attached hydrogens (primary N) is 1. The van der Waals surface area contributed by atoms with Crippen LogP contribution in [0.4, 0.5) is 0 Å². The van der Waals surface area contributed by atoms with E-state index < -0.39 is 5.60 Å². The Morgan fingerprint density at radius 2 is 1.10 bits per heavy atom. The molecule has 0 aliphatic carbocycles. The minimum Gasteiger partial charge on any atom is -0.376 e. The van der Waals surface area contributed by atoms with Crippen LogP contribution in [0.1, 0.15) is 42.6 Å². The van der Waals surface area contributed by atoms with Crippen molar-refractivity contribution in [3.63, 3.8) is 0 Å². The van der Waals surface area contributed by atoms with Gasteiger partial charge < -0.3 is 10.4 Å². The summed E-state index contributed by atoms with van der Waals surface area (Å²) in [5, 5.41) is 14.4. The van der Waals surface area contributed by atoms with Crippen LogP contribution in [0, 0.1) is 23.7 Å². The summed E-state index contributed by atoms with van der Waals surface area (Å²) in [5.74, 6) is 6.51. The largest absolute Gasteiger partial charge is 0.376 e. The van der Waals surface area contributed by atoms with Crippen molar-refractivity contribution in [2.45, 2.75) is 31.5 Å². The Morgan fingerprint density at radius 3 is 1.55 bits per heavy atom. The van der Waals surface area contributed by atoms with Crippen molar-refractivity contribution in [3.05, 3.63) is 108 Å². The van der Waals surface area contributed by atoms with Gasteiger partial charge in [0.05, 0.1) is 11.8 Å². The number of benzene rings is 3. The summed E-state index contributed by atoms with van der Waals surface area (Å²) in [7, 11) is 0. The summed E-state index contributed by atoms with van der Waals surface area (Å²) in [5.41, 5.74) is 2.30. The number of aliphatic hydroxyl groups is 1. The van der Waals surface area contributed by atoms with Crippen molar-refractivity contribution >= 4 is 0 Å². The monoisotopic (exact) mass is 382 g/mol. The zero-order valence-corrected chi connectivity index (χ0v) is 17.0. The van der Waals surface area contributed by atoms with Gasteiger partial charge in [-0.05, 0) is 12.1 Å². The maximum Gasteiger partial charge on any atom is 0.142 e. The lowest BCUT2D eigenvalue weighted by atomic mass is 9.66. The predicted molar refractivity (Wildman–Crippen MR) is 117 cm³/mol. The second-order valence-electron chi connectivity index (χ2n) is 8.08. The number of rotatable bonds is 2. The fourth-order valence-electron chi connectivity index (χ4n) is 4.59. The topological polar surface area (TPSA) is 36.8 Å². The first-order chi connectivity index (χ1) is 14.1. The van der Waals surface area contributed by atoms with Gasteiger partial charge in [0, 0.05) is 16.7 Å². The van der Waals surface area contributed by atoms with Crippen LogP contribution in [-0.4, -0.2) is 10.7 Å². The van der Waals surface area contributed by atoms with Crippen LogP contribution in [0.25, 0.3) is 0 Å². The van der Waals surface area contributed by atoms with Gasteiger partial charge in [-0.15, -0.1) is 0 Å². The Bertz CT molecular complexity index is 937. The molecule has 1 unspecified atom stereocenters. The van der Waals surface area contributed by atoms with Gasteiger partial charge in [0.25, 0.3) is 0 Å². The van der Waals surface area contributed by atoms with Crippen LogP contribution in [0.5, 0.6) is 0 Å². The molecule has 1 fully saturated rings. The molecule has 3 aromatic rings. The lowest BCUT2D eigenvalue weighted by Gasteiger charge is -2.46. The van der Waals surface area contributed by atoms with Crippen molar-refractivity contribution < 1.29 is 10.4 Å². The molecular formula is C27H28NO+. The van der Waals surface area contributed by atoms with Crippen LogP contribution in [0.15, 0.2) is 91.0 Å². The normalized spacial score (nSPS) is 28.9. The molecular weight excluding hydrogens is 354 g/mol. The quantitative estimate of drug-likeness (QED) is 0.643. The number of hydrogen-bond acceptors (Lipinski definition) is 1. The minimum atomic E-state index is -1.09. The summed E-state index contributed by atoms with van der Waals surface area (Å²) in [4.78, 5) is 0. The molecule has 146 valence electrons. The van der Waals surface area contributed by atoms with Crippen LogP contribution in [0.3, 0.4) is 0 Å². The first-order valence-electron chi connectivity index (χ1n) is 10.3. The highest BCUT2D eigenvalue weighted by molar-refractivity contribution is 5.38. The van der Waals surface area contributed by atoms with Gasteiger partial charge in [-0.25, -0.2) is 0 Å². The Hall–Kier alpha value is -2.86. The molecule has 2 nitrogen and oxygen atoms in total. The summed E-state index contributed by atoms with van der Waals surface area (Å²) < 4.78 is 0. The van der Waals surface area contributed by atoms with E-state index in [1.165, 1.54) is 11.1 Å². The van der Waals surface area contributed by atoms with E-state index in [1.54, 1.807) is 0 Å². The summed E-state index contributed by atoms with van der Waals surface area (Å²) in [6, 6.07) is 31.2. The molecule has 29 heavy (non-hydrogen) atoms. The van der Waals surface area contributed by atoms with E-state index in [0.717, 1.165) is 5.56 Å². The Kier molecular flexibility index (Phi) is 5.53. The summed E-state index contributed by atoms with van der Waals surface area (Å²) in [6.07, 6.45) is 0. The molecule has 0 aromatic heterocycles. The molecule has 1 aliphatic rings. The molecule has 0 saturated carbocycles. The second-order valence-corrected chi connectivity index (χ2v) is 8.08. The van der Waals surface area contributed by atoms with Crippen LogP contribution < -0.4 is 5.32 Å². The van der Waals surface area contributed by atoms with E-state index in [2.05, 4.69) is 79.5 Å². The highest BCUT2D eigenvalue weighted by atomic mass is 16.3. The van der Waals surface area contributed by atoms with E-state index in [4.69, 9.17) is 0 Å². The number of quaternary nitrogens is 1. The Labute approximate surface area is 173 Å². The van der Waals surface area contributed by atoms with Crippen molar-refractivity contribution in [2.75, 3.05) is 0 Å². The number of piperidine rings is 1. The number of hydrogen-bond donors (Lipinski definition) is 2. The Balaban J connectivity index is 1.78. The standard InChI is InChI=1S/C27H27NO/c1-20-25(23-14-8-4-9-15-23)28-26(24-16-10-5-11-17-24)21(2)27(20,29)19-18-22-12-6-3-7-13-22/h3-17,20-21,25-26,28-29H,1-2H3/p+1/t20-,21+,25-,26-,27?/m1/s1. The average molecular weight is 383 g/mol. The lowest BCUT2D eigenvalue weighted by molar-refractivity contribution is -0.762. The molecule has 5 atom stereocenters. The third-order valence-electron chi connectivity index (χ3n) is 6.43. The fourth-order valence-corrected chi connectivity index (χ4v) is 4.59. The first-order valence-corrected chi connectivity index (χ1v) is 10.3. The zero-order chi connectivity index (χ0) is 20.3. The van der Waals surface area contributed by atoms with E-state index in [9.17, 15) is 5.11 Å². The molecule has 0 amide bonds. The fraction of sp³-hybridized carbons (Fsp3) is 0.259. The van der Waals surface area contributed by atoms with Crippen molar-refractivity contribution in [2.24, 2.45) is 11.8 Å². The molecule has 1 saturated heterocycles. The summed E-state index contributed by atoms with van der Waals surface area (Å²) >= 11 is 0. The van der Waals surface area contributed by atoms with Crippen LogP contribution in [0.2, 0.25) is 0 Å². The zero-order valence-electron chi connectivity index (χ0n) is 17.0. The van der Waals surface area contributed by atoms with Gasteiger partial charge in [0.2, 0.25) is 0 Å². The average Bonchev–Trinajstić information content (AvgIpc) is 2.78. The molecule has 1 heterocycles. The molecule has 3 N–H and O–H groups in total. The van der Waals surface area contributed by atoms with Gasteiger partial charge in [-0.1, -0.05) is 105 Å². The maximum absolute atomic E-state index is 11.9. The molecule has 2 heteroatoms. The molecule has 0 radical (unpaired) electrons. The molecule has 0 bridgehead atoms. The van der Waals surface area contributed by atoms with E-state index in [1.807, 2.05) is 42.5 Å². The first kappa shape index (κ1) is 19.5. The van der Waals surface area contributed by atoms with E-state index >= 15 is 0 Å². The smallest absolute Gasteiger partial charge is 0.142 e. The molecule has 4 rings (SSSR count). The van der Waals surface area contributed by atoms with Gasteiger partial charge in [0.1, 0.15) is 17.7 Å². The van der Waals surface area contributed by atoms with Gasteiger partial charge in [-0.2, -0.15) is 0 Å². The second kappa shape index (κ2) is 8.25. The van der Waals surface area contributed by atoms with Crippen LogP contribution in [-0.2, 0) is 0 Å². The van der Waals surface area contributed by atoms with Crippen molar-refractivity contribution in [1.29, 1.82) is 0 Å². The SMILES string of the molecule is C[C@@H]1[C@H](c2ccccc2)[NH2+][C@@H](c2ccccc2)[C@H](C)C1(O)C#Cc1ccccc1.